The van der Waals surface area contributed by atoms with E-state index in [1.807, 2.05) is 36.4 Å². The van der Waals surface area contributed by atoms with Gasteiger partial charge < -0.3 is 13.9 Å². The average Bonchev–Trinajstić information content (AvgIpc) is 3.37. The number of rotatable bonds is 6. The number of benzene rings is 2. The molecule has 1 amide bonds. The molecule has 7 heteroatoms. The number of amides is 1. The number of anilines is 1. The lowest BCUT2D eigenvalue weighted by molar-refractivity contribution is -0.256. The summed E-state index contributed by atoms with van der Waals surface area (Å²) in [5.41, 5.74) is 3.56. The molecule has 3 aromatic rings. The van der Waals surface area contributed by atoms with Gasteiger partial charge in [-0.3, -0.25) is 9.69 Å². The van der Waals surface area contributed by atoms with Gasteiger partial charge in [0.25, 0.3) is 11.7 Å². The number of carbonyl (C=O) groups is 1. The lowest BCUT2D eigenvalue weighted by atomic mass is 10.00. The van der Waals surface area contributed by atoms with Crippen molar-refractivity contribution in [1.29, 1.82) is 0 Å². The first-order chi connectivity index (χ1) is 15.2. The number of nitrogens with zero attached hydrogens (tertiary/aromatic N) is 3. The van der Waals surface area contributed by atoms with Gasteiger partial charge in [-0.15, -0.1) is 10.2 Å². The second-order valence-electron chi connectivity index (χ2n) is 7.88. The van der Waals surface area contributed by atoms with E-state index in [4.69, 9.17) is 13.9 Å². The number of unbranched alkanes of at least 4 members (excludes halogenated alkanes) is 1. The molecule has 1 fully saturated rings. The molecular formula is C24H25N3O4. The second kappa shape index (κ2) is 8.24. The van der Waals surface area contributed by atoms with Gasteiger partial charge in [-0.1, -0.05) is 37.6 Å². The van der Waals surface area contributed by atoms with Gasteiger partial charge in [0.05, 0.1) is 18.9 Å². The summed E-state index contributed by atoms with van der Waals surface area (Å²) in [5.74, 6) is -0.828. The molecule has 0 radical (unpaired) electrons. The van der Waals surface area contributed by atoms with E-state index in [0.29, 0.717) is 25.0 Å². The zero-order chi connectivity index (χ0) is 21.3. The van der Waals surface area contributed by atoms with Crippen molar-refractivity contribution >= 4 is 11.6 Å². The first-order valence-corrected chi connectivity index (χ1v) is 10.8. The van der Waals surface area contributed by atoms with Gasteiger partial charge in [-0.05, 0) is 49.1 Å². The Kier molecular flexibility index (Phi) is 5.29. The van der Waals surface area contributed by atoms with Crippen molar-refractivity contribution in [2.75, 3.05) is 18.1 Å². The van der Waals surface area contributed by atoms with Crippen molar-refractivity contribution in [3.8, 4) is 11.5 Å². The molecule has 1 saturated heterocycles. The van der Waals surface area contributed by atoms with Crippen LogP contribution in [0.3, 0.4) is 0 Å². The summed E-state index contributed by atoms with van der Waals surface area (Å²) in [7, 11) is 0. The standard InChI is InChI=1S/C24H25N3O4/c1-2-3-8-17-11-12-20-19(15-17)24(29-13-7-14-30-24)23(28)27(20)16-21-25-26-22(31-21)18-9-5-4-6-10-18/h4-6,9-12,15H,2-3,7-8,13-14,16H2,1H3. The Bertz CT molecular complexity index is 1070. The van der Waals surface area contributed by atoms with Gasteiger partial charge in [0, 0.05) is 11.1 Å². The molecule has 7 nitrogen and oxygen atoms in total. The fourth-order valence-corrected chi connectivity index (χ4v) is 4.14. The first-order valence-electron chi connectivity index (χ1n) is 10.8. The quantitative estimate of drug-likeness (QED) is 0.595. The number of carbonyl (C=O) groups excluding carboxylic acids is 1. The van der Waals surface area contributed by atoms with Crippen LogP contribution < -0.4 is 4.90 Å². The average molecular weight is 419 g/mol. The highest BCUT2D eigenvalue weighted by molar-refractivity contribution is 6.06. The molecule has 2 aliphatic rings. The van der Waals surface area contributed by atoms with Crippen LogP contribution in [0.1, 0.15) is 43.2 Å². The van der Waals surface area contributed by atoms with Crippen LogP contribution in [0.4, 0.5) is 5.69 Å². The molecule has 0 bridgehead atoms. The molecule has 0 aliphatic carbocycles. The fraction of sp³-hybridized carbons (Fsp3) is 0.375. The van der Waals surface area contributed by atoms with Crippen LogP contribution in [0.25, 0.3) is 11.5 Å². The lowest BCUT2D eigenvalue weighted by Gasteiger charge is -2.32. The maximum absolute atomic E-state index is 13.5. The summed E-state index contributed by atoms with van der Waals surface area (Å²) < 4.78 is 17.8. The smallest absolute Gasteiger partial charge is 0.293 e. The third kappa shape index (κ3) is 3.54. The topological polar surface area (TPSA) is 77.7 Å². The van der Waals surface area contributed by atoms with Gasteiger partial charge in [-0.25, -0.2) is 0 Å². The van der Waals surface area contributed by atoms with Crippen molar-refractivity contribution in [1.82, 2.24) is 10.2 Å². The molecule has 0 unspecified atom stereocenters. The van der Waals surface area contributed by atoms with E-state index in [9.17, 15) is 4.79 Å². The van der Waals surface area contributed by atoms with Crippen LogP contribution in [0.15, 0.2) is 52.9 Å². The molecule has 0 atom stereocenters. The number of hydrogen-bond acceptors (Lipinski definition) is 6. The zero-order valence-corrected chi connectivity index (χ0v) is 17.5. The minimum absolute atomic E-state index is 0.161. The Labute approximate surface area is 181 Å². The van der Waals surface area contributed by atoms with Crippen LogP contribution in [-0.4, -0.2) is 29.3 Å². The number of aromatic nitrogens is 2. The zero-order valence-electron chi connectivity index (χ0n) is 17.5. The number of ether oxygens (including phenoxy) is 2. The Morgan fingerprint density at radius 2 is 1.87 bits per heavy atom. The minimum Gasteiger partial charge on any atom is -0.419 e. The highest BCUT2D eigenvalue weighted by Crippen LogP contribution is 2.46. The van der Waals surface area contributed by atoms with Crippen molar-refractivity contribution in [3.05, 3.63) is 65.5 Å². The van der Waals surface area contributed by atoms with E-state index >= 15 is 0 Å². The van der Waals surface area contributed by atoms with E-state index in [-0.39, 0.29) is 12.5 Å². The van der Waals surface area contributed by atoms with Crippen LogP contribution >= 0.6 is 0 Å². The molecule has 0 saturated carbocycles. The maximum Gasteiger partial charge on any atom is 0.293 e. The summed E-state index contributed by atoms with van der Waals surface area (Å²) in [6.07, 6.45) is 3.93. The molecule has 1 aromatic heterocycles. The minimum atomic E-state index is -1.38. The molecule has 31 heavy (non-hydrogen) atoms. The van der Waals surface area contributed by atoms with Crippen LogP contribution in [0.5, 0.6) is 0 Å². The van der Waals surface area contributed by atoms with Crippen LogP contribution in [0.2, 0.25) is 0 Å². The maximum atomic E-state index is 13.5. The van der Waals surface area contributed by atoms with Crippen molar-refractivity contribution < 1.29 is 18.7 Å². The molecule has 3 heterocycles. The summed E-state index contributed by atoms with van der Waals surface area (Å²) >= 11 is 0. The largest absolute Gasteiger partial charge is 0.419 e. The summed E-state index contributed by atoms with van der Waals surface area (Å²) in [6.45, 7) is 3.30. The molecule has 2 aromatic carbocycles. The van der Waals surface area contributed by atoms with E-state index in [0.717, 1.165) is 42.5 Å². The van der Waals surface area contributed by atoms with E-state index in [1.54, 1.807) is 4.90 Å². The van der Waals surface area contributed by atoms with Gasteiger partial charge >= 0.3 is 0 Å². The molecule has 2 aliphatic heterocycles. The highest BCUT2D eigenvalue weighted by Gasteiger charge is 2.55. The van der Waals surface area contributed by atoms with E-state index < -0.39 is 5.79 Å². The van der Waals surface area contributed by atoms with Crippen LogP contribution in [-0.2, 0) is 33.0 Å². The van der Waals surface area contributed by atoms with Gasteiger partial charge in [-0.2, -0.15) is 0 Å². The van der Waals surface area contributed by atoms with Crippen LogP contribution in [0, 0.1) is 0 Å². The Hall–Kier alpha value is -3.03. The molecular weight excluding hydrogens is 394 g/mol. The predicted octanol–water partition coefficient (Wildman–Crippen LogP) is 4.22. The predicted molar refractivity (Wildman–Crippen MR) is 114 cm³/mol. The molecule has 1 spiro atoms. The molecule has 0 N–H and O–H groups in total. The van der Waals surface area contributed by atoms with Gasteiger partial charge in [0.15, 0.2) is 0 Å². The monoisotopic (exact) mass is 419 g/mol. The normalized spacial score (nSPS) is 17.3. The second-order valence-corrected chi connectivity index (χ2v) is 7.88. The van der Waals surface area contributed by atoms with Crippen molar-refractivity contribution in [2.24, 2.45) is 0 Å². The number of hydrogen-bond donors (Lipinski definition) is 0. The Morgan fingerprint density at radius 3 is 2.65 bits per heavy atom. The Morgan fingerprint density at radius 1 is 1.06 bits per heavy atom. The molecule has 160 valence electrons. The summed E-state index contributed by atoms with van der Waals surface area (Å²) in [4.78, 5) is 15.2. The van der Waals surface area contributed by atoms with E-state index in [2.05, 4.69) is 29.3 Å². The number of aryl methyl sites for hydroxylation is 1. The number of fused-ring (bicyclic) bond motifs is 2. The third-order valence-corrected chi connectivity index (χ3v) is 5.73. The molecule has 5 rings (SSSR count). The van der Waals surface area contributed by atoms with Gasteiger partial charge in [0.1, 0.15) is 6.54 Å². The van der Waals surface area contributed by atoms with Crippen molar-refractivity contribution in [3.63, 3.8) is 0 Å². The third-order valence-electron chi connectivity index (χ3n) is 5.73. The van der Waals surface area contributed by atoms with Crippen molar-refractivity contribution in [2.45, 2.75) is 44.9 Å². The Balaban J connectivity index is 1.47. The lowest BCUT2D eigenvalue weighted by Crippen LogP contribution is -2.47. The summed E-state index contributed by atoms with van der Waals surface area (Å²) in [5, 5.41) is 8.31. The first kappa shape index (κ1) is 19.9. The SMILES string of the molecule is CCCCc1ccc2c(c1)C1(OCCCO1)C(=O)N2Cc1nnc(-c2ccccc2)o1. The summed E-state index contributed by atoms with van der Waals surface area (Å²) in [6, 6.07) is 15.7. The highest BCUT2D eigenvalue weighted by atomic mass is 16.7. The van der Waals surface area contributed by atoms with E-state index in [1.165, 1.54) is 5.56 Å². The fourth-order valence-electron chi connectivity index (χ4n) is 4.14. The van der Waals surface area contributed by atoms with Gasteiger partial charge in [0.2, 0.25) is 11.8 Å².